The van der Waals surface area contributed by atoms with Gasteiger partial charge < -0.3 is 26.7 Å². The summed E-state index contributed by atoms with van der Waals surface area (Å²) >= 11 is 0. The molecule has 150 heavy (non-hydrogen) atoms. The van der Waals surface area contributed by atoms with Crippen LogP contribution in [0.15, 0.2) is 534 Å². The predicted molar refractivity (Wildman–Crippen MR) is 607 cm³/mol. The summed E-state index contributed by atoms with van der Waals surface area (Å²) in [6.45, 7) is 0. The van der Waals surface area contributed by atoms with Gasteiger partial charge in [-0.05, 0) is 221 Å². The Morgan fingerprint density at radius 1 is 0.180 bits per heavy atom. The summed E-state index contributed by atoms with van der Waals surface area (Å²) in [5.74, 6) is 4.20. The Labute approximate surface area is 856 Å². The molecule has 32 aromatic rings. The molecule has 32 rings (SSSR count). The summed E-state index contributed by atoms with van der Waals surface area (Å²) < 4.78 is 39.6. The number of furan rings is 5. The van der Waals surface area contributed by atoms with Crippen molar-refractivity contribution in [1.29, 1.82) is 0 Å². The third-order valence-corrected chi connectivity index (χ3v) is 28.5. The first-order valence-corrected chi connectivity index (χ1v) is 49.7. The van der Waals surface area contributed by atoms with Crippen LogP contribution in [-0.2, 0) is 0 Å². The van der Waals surface area contributed by atoms with E-state index in [2.05, 4.69) is 384 Å². The molecule has 0 aliphatic heterocycles. The summed E-state index contributed by atoms with van der Waals surface area (Å²) in [7, 11) is 0. The van der Waals surface area contributed by atoms with Crippen molar-refractivity contribution in [3.05, 3.63) is 511 Å². The number of para-hydroxylation sites is 5. The van der Waals surface area contributed by atoms with Gasteiger partial charge in [0.2, 0.25) is 0 Å². The van der Waals surface area contributed by atoms with E-state index in [1.807, 2.05) is 110 Å². The van der Waals surface area contributed by atoms with Gasteiger partial charge in [-0.25, -0.2) is 24.9 Å². The van der Waals surface area contributed by atoms with Crippen molar-refractivity contribution in [3.63, 3.8) is 0 Å². The highest BCUT2D eigenvalue weighted by atomic mass is 16.3. The van der Waals surface area contributed by atoms with Gasteiger partial charge in [0.1, 0.15) is 51.2 Å². The highest BCUT2D eigenvalue weighted by Gasteiger charge is 2.25. The second-order valence-electron chi connectivity index (χ2n) is 37.2. The van der Waals surface area contributed by atoms with E-state index in [-0.39, 0.29) is 0 Å². The van der Waals surface area contributed by atoms with Crippen LogP contribution < -0.4 is 0 Å². The van der Waals surface area contributed by atoms with E-state index >= 15 is 0 Å². The van der Waals surface area contributed by atoms with Gasteiger partial charge in [0.25, 0.3) is 0 Å². The summed E-state index contributed by atoms with van der Waals surface area (Å²) in [5, 5.41) is 19.6. The fraction of sp³-hybridized carbons (Fsp3) is 0. The zero-order valence-electron chi connectivity index (χ0n) is 80.4. The molecule has 17 heteroatoms. The quantitative estimate of drug-likeness (QED) is 0.120. The predicted octanol–water partition coefficient (Wildman–Crippen LogP) is 34.6. The summed E-state index contributed by atoms with van der Waals surface area (Å²) in [6, 6.07) is 151. The first-order chi connectivity index (χ1) is 74.4. The number of fused-ring (bicyclic) bond motifs is 21. The molecule has 0 fully saturated rings. The summed E-state index contributed by atoms with van der Waals surface area (Å²) in [6.07, 6.45) is 21.5. The normalized spacial score (nSPS) is 11.6. The van der Waals surface area contributed by atoms with Gasteiger partial charge in [-0.1, -0.05) is 255 Å². The minimum Gasteiger partial charge on any atom is -0.464 e. The fourth-order valence-electron chi connectivity index (χ4n) is 21.6. The molecule has 0 bridgehead atoms. The first-order valence-electron chi connectivity index (χ1n) is 49.7. The molecule has 16 aromatic heterocycles. The van der Waals surface area contributed by atoms with Gasteiger partial charge in [-0.3, -0.25) is 28.2 Å². The molecule has 0 radical (unpaired) electrons. The molecule has 0 spiro atoms. The Hall–Kier alpha value is -20.7. The first kappa shape index (κ1) is 87.1. The number of benzene rings is 16. The number of rotatable bonds is 11. The van der Waals surface area contributed by atoms with Crippen LogP contribution in [0.25, 0.3) is 271 Å². The monoisotopic (exact) mass is 1930 g/mol. The average molecular weight is 1930 g/mol. The van der Waals surface area contributed by atoms with Crippen molar-refractivity contribution in [2.45, 2.75) is 0 Å². The van der Waals surface area contributed by atoms with Crippen molar-refractivity contribution in [1.82, 2.24) is 57.7 Å². The molecular formula is C133H84N12O5. The smallest absolute Gasteiger partial charge is 0.163 e. The lowest BCUT2D eigenvalue weighted by Crippen LogP contribution is -2.00. The standard InChI is InChI=1S/C31H20N2O.C29H18N2O.C26H17NO.C24H15N3O.C23H14N4O/c1-3-9-21(10-4-1)24-17-27(22-11-5-2-6-12-22)32-31(19-24)33-28-14-8-7-13-25(28)26-20-30-23(15-16-34-30)18-29(26)33;1-2-8-19(9-3-1)25-18-30-29(23-12-5-4-10-21(23)25)31-26-13-7-6-11-22(26)24-17-28-20(14-15-32-28)16-27(24)31;1-2-6-18(7-3-1)19-10-12-21(13-11-19)27-24-9-5-4-8-22(24)23-17-26-20(14-15-28-26)16-25(23)27;1-2-6-21-19(5-1)20-14-23-17(8-11-28-23)12-22(20)27(21)24-13-16(7-10-26-24)18-4-3-9-25-15-18;1-2-6-19-17(5-1)18-13-21-15(8-11-28-21)12-20(18)27(19)22-7-10-25-23(26-22)16-4-3-9-24-14-16/h1-20H;1-18H;1-17H;1-15H;1-14H. The van der Waals surface area contributed by atoms with E-state index in [0.717, 1.165) is 194 Å². The van der Waals surface area contributed by atoms with Crippen molar-refractivity contribution in [2.75, 3.05) is 0 Å². The zero-order valence-corrected chi connectivity index (χ0v) is 80.4. The van der Waals surface area contributed by atoms with E-state index in [1.165, 1.54) is 71.0 Å². The fourth-order valence-corrected chi connectivity index (χ4v) is 21.6. The van der Waals surface area contributed by atoms with Gasteiger partial charge in [0, 0.05) is 157 Å². The number of aromatic nitrogens is 12. The molecule has 0 unspecified atom stereocenters. The van der Waals surface area contributed by atoms with Gasteiger partial charge in [0.05, 0.1) is 92.2 Å². The maximum atomic E-state index is 5.72. The molecule has 0 aliphatic carbocycles. The summed E-state index contributed by atoms with van der Waals surface area (Å²) in [5.41, 5.74) is 29.2. The minimum absolute atomic E-state index is 0.654. The number of nitrogens with zero attached hydrogens (tertiary/aromatic N) is 12. The molecule has 16 aromatic carbocycles. The molecule has 0 aliphatic rings. The van der Waals surface area contributed by atoms with Crippen LogP contribution in [0.2, 0.25) is 0 Å². The molecule has 16 heterocycles. The van der Waals surface area contributed by atoms with Gasteiger partial charge in [-0.15, -0.1) is 0 Å². The topological polar surface area (TPSA) is 181 Å². The molecule has 0 saturated heterocycles. The second kappa shape index (κ2) is 36.9. The largest absolute Gasteiger partial charge is 0.464 e. The third kappa shape index (κ3) is 15.5. The highest BCUT2D eigenvalue weighted by molar-refractivity contribution is 6.19. The Bertz CT molecular complexity index is 10500. The van der Waals surface area contributed by atoms with Crippen LogP contribution in [-0.4, -0.2) is 57.7 Å². The van der Waals surface area contributed by atoms with Crippen molar-refractivity contribution in [3.8, 4) is 96.1 Å². The maximum absolute atomic E-state index is 5.72. The minimum atomic E-state index is 0.654. The second-order valence-corrected chi connectivity index (χ2v) is 37.2. The van der Waals surface area contributed by atoms with Gasteiger partial charge in [-0.2, -0.15) is 0 Å². The van der Waals surface area contributed by atoms with Gasteiger partial charge >= 0.3 is 0 Å². The van der Waals surface area contributed by atoms with Crippen LogP contribution >= 0.6 is 0 Å². The average Bonchev–Trinajstić information content (AvgIpc) is 1.59. The number of hydrogen-bond acceptors (Lipinski definition) is 12. The van der Waals surface area contributed by atoms with Gasteiger partial charge in [0.15, 0.2) is 5.82 Å². The lowest BCUT2D eigenvalue weighted by Gasteiger charge is -2.13. The molecule has 0 N–H and O–H groups in total. The van der Waals surface area contributed by atoms with E-state index in [0.29, 0.717) is 5.82 Å². The molecule has 17 nitrogen and oxygen atoms in total. The van der Waals surface area contributed by atoms with E-state index in [4.69, 9.17) is 42.0 Å². The number of pyridine rings is 5. The molecular weight excluding hydrogens is 1850 g/mol. The van der Waals surface area contributed by atoms with Crippen LogP contribution in [0.4, 0.5) is 0 Å². The van der Waals surface area contributed by atoms with Crippen LogP contribution in [0.3, 0.4) is 0 Å². The van der Waals surface area contributed by atoms with Crippen molar-refractivity contribution < 1.29 is 22.1 Å². The molecule has 0 saturated carbocycles. The highest BCUT2D eigenvalue weighted by Crippen LogP contribution is 2.45. The van der Waals surface area contributed by atoms with Crippen LogP contribution in [0.5, 0.6) is 0 Å². The zero-order chi connectivity index (χ0) is 99.1. The molecule has 0 atom stereocenters. The Balaban J connectivity index is 0.0000000902. The van der Waals surface area contributed by atoms with E-state index < -0.39 is 0 Å². The Morgan fingerprint density at radius 3 is 0.993 bits per heavy atom. The lowest BCUT2D eigenvalue weighted by atomic mass is 10.0. The van der Waals surface area contributed by atoms with E-state index in [9.17, 15) is 0 Å². The molecule has 706 valence electrons. The maximum Gasteiger partial charge on any atom is 0.163 e. The van der Waals surface area contributed by atoms with Crippen molar-refractivity contribution >= 4 is 175 Å². The Morgan fingerprint density at radius 2 is 0.533 bits per heavy atom. The lowest BCUT2D eigenvalue weighted by molar-refractivity contribution is 0.616. The van der Waals surface area contributed by atoms with Crippen LogP contribution in [0.1, 0.15) is 0 Å². The SMILES string of the molecule is c1ccc(-c2cc(-c3ccccc3)nc(-n3c4ccccc4c4cc5occc5cc43)c2)cc1.c1ccc(-c2ccc(-n3c4ccccc4c4cc5occc5cc43)cc2)cc1.c1ccc(-c2cnc(-n3c4ccccc4c4cc5occc5cc43)c3ccccc23)cc1.c1cncc(-c2ccnc(-n3c4ccccc4c4cc5occc5cc43)c2)c1.c1cncc(-c2nccc(-n3c4ccccc4c4cc5occc5cc43)n2)c1. The third-order valence-electron chi connectivity index (χ3n) is 28.5. The van der Waals surface area contributed by atoms with E-state index in [1.54, 1.807) is 56.1 Å². The summed E-state index contributed by atoms with van der Waals surface area (Å²) in [4.78, 5) is 32.6. The van der Waals surface area contributed by atoms with Crippen molar-refractivity contribution in [2.24, 2.45) is 0 Å². The molecule has 0 amide bonds. The van der Waals surface area contributed by atoms with Crippen LogP contribution in [0, 0.1) is 0 Å². The Kier molecular flexibility index (Phi) is 21.5. The number of hydrogen-bond donors (Lipinski definition) is 0.